The van der Waals surface area contributed by atoms with Crippen molar-refractivity contribution in [3.63, 3.8) is 0 Å². The average Bonchev–Trinajstić information content (AvgIpc) is 2.29. The molecule has 1 rings (SSSR count). The van der Waals surface area contributed by atoms with Gasteiger partial charge in [0.2, 0.25) is 5.78 Å². The highest BCUT2D eigenvalue weighted by molar-refractivity contribution is 6.03. The van der Waals surface area contributed by atoms with Gasteiger partial charge in [0.1, 0.15) is 5.75 Å². The molecule has 0 unspecified atom stereocenters. The topological polar surface area (TPSA) is 26.3 Å². The fourth-order valence-electron chi connectivity index (χ4n) is 1.55. The van der Waals surface area contributed by atoms with Crippen molar-refractivity contribution in [2.45, 2.75) is 25.9 Å². The second-order valence-corrected chi connectivity index (χ2v) is 4.04. The lowest BCUT2D eigenvalue weighted by molar-refractivity contribution is -0.255. The Morgan fingerprint density at radius 3 is 2.00 bits per heavy atom. The number of hydrogen-bond acceptors (Lipinski definition) is 2. The maximum absolute atomic E-state index is 13.0. The molecular formula is C12H11F5O2. The molecule has 0 spiro atoms. The third-order valence-corrected chi connectivity index (χ3v) is 2.63. The SMILES string of the molecule is COc1cc(C)c(C(=O)C(F)(F)C(F)(F)F)cc1C. The number of ether oxygens (including phenoxy) is 1. The largest absolute Gasteiger partial charge is 0.496 e. The van der Waals surface area contributed by atoms with Crippen LogP contribution in [0.3, 0.4) is 0 Å². The molecule has 0 saturated carbocycles. The van der Waals surface area contributed by atoms with Gasteiger partial charge in [0.15, 0.2) is 0 Å². The molecule has 0 aliphatic rings. The van der Waals surface area contributed by atoms with E-state index in [0.29, 0.717) is 11.3 Å². The summed E-state index contributed by atoms with van der Waals surface area (Å²) in [5.74, 6) is -7.36. The second kappa shape index (κ2) is 4.79. The molecule has 0 aliphatic carbocycles. The van der Waals surface area contributed by atoms with Crippen LogP contribution in [-0.4, -0.2) is 25.0 Å². The van der Waals surface area contributed by atoms with Gasteiger partial charge in [-0.25, -0.2) is 0 Å². The molecule has 0 bridgehead atoms. The number of rotatable bonds is 3. The molecule has 0 fully saturated rings. The molecule has 1 aromatic rings. The Morgan fingerprint density at radius 2 is 1.58 bits per heavy atom. The van der Waals surface area contributed by atoms with Crippen LogP contribution in [0.1, 0.15) is 21.5 Å². The van der Waals surface area contributed by atoms with Crippen molar-refractivity contribution < 1.29 is 31.5 Å². The van der Waals surface area contributed by atoms with Crippen LogP contribution in [0.25, 0.3) is 0 Å². The highest BCUT2D eigenvalue weighted by Gasteiger charge is 2.63. The molecule has 7 heteroatoms. The predicted octanol–water partition coefficient (Wildman–Crippen LogP) is 3.69. The first-order chi connectivity index (χ1) is 8.52. The lowest BCUT2D eigenvalue weighted by Gasteiger charge is -2.19. The van der Waals surface area contributed by atoms with Gasteiger partial charge in [-0.15, -0.1) is 0 Å². The van der Waals surface area contributed by atoms with Crippen LogP contribution in [0.5, 0.6) is 5.75 Å². The minimum Gasteiger partial charge on any atom is -0.496 e. The number of alkyl halides is 5. The molecule has 19 heavy (non-hydrogen) atoms. The van der Waals surface area contributed by atoms with Crippen LogP contribution in [0.2, 0.25) is 0 Å². The standard InChI is InChI=1S/C12H11F5O2/c1-6-5-9(19-3)7(2)4-8(6)10(18)11(13,14)12(15,16)17/h4-5H,1-3H3. The van der Waals surface area contributed by atoms with Crippen molar-refractivity contribution in [3.05, 3.63) is 28.8 Å². The molecule has 0 radical (unpaired) electrons. The van der Waals surface area contributed by atoms with Gasteiger partial charge in [-0.1, -0.05) is 0 Å². The third kappa shape index (κ3) is 2.69. The Kier molecular flexibility index (Phi) is 3.88. The summed E-state index contributed by atoms with van der Waals surface area (Å²) in [6.07, 6.45) is -5.91. The molecule has 1 aromatic carbocycles. The Morgan fingerprint density at radius 1 is 1.05 bits per heavy atom. The molecule has 2 nitrogen and oxygen atoms in total. The Labute approximate surface area is 106 Å². The summed E-state index contributed by atoms with van der Waals surface area (Å²) in [5.41, 5.74) is -0.369. The van der Waals surface area contributed by atoms with E-state index in [4.69, 9.17) is 4.74 Å². The zero-order chi connectivity index (χ0) is 15.0. The first kappa shape index (κ1) is 15.4. The fourth-order valence-corrected chi connectivity index (χ4v) is 1.55. The molecular weight excluding hydrogens is 271 g/mol. The van der Waals surface area contributed by atoms with Crippen molar-refractivity contribution in [2.24, 2.45) is 0 Å². The van der Waals surface area contributed by atoms with Gasteiger partial charge in [-0.3, -0.25) is 4.79 Å². The van der Waals surface area contributed by atoms with Gasteiger partial charge in [0.05, 0.1) is 7.11 Å². The molecule has 0 saturated heterocycles. The molecule has 0 aliphatic heterocycles. The van der Waals surface area contributed by atoms with E-state index in [-0.39, 0.29) is 5.56 Å². The highest BCUT2D eigenvalue weighted by Crippen LogP contribution is 2.39. The van der Waals surface area contributed by atoms with E-state index in [1.165, 1.54) is 27.0 Å². The Balaban J connectivity index is 3.32. The van der Waals surface area contributed by atoms with Gasteiger partial charge < -0.3 is 4.74 Å². The molecule has 106 valence electrons. The van der Waals surface area contributed by atoms with Crippen LogP contribution < -0.4 is 4.74 Å². The lowest BCUT2D eigenvalue weighted by Crippen LogP contribution is -2.44. The number of halogens is 5. The molecule has 0 heterocycles. The van der Waals surface area contributed by atoms with Crippen molar-refractivity contribution in [2.75, 3.05) is 7.11 Å². The first-order valence-electron chi connectivity index (χ1n) is 5.17. The maximum atomic E-state index is 13.0. The summed E-state index contributed by atoms with van der Waals surface area (Å²) in [6, 6.07) is 2.21. The number of methoxy groups -OCH3 is 1. The van der Waals surface area contributed by atoms with Crippen molar-refractivity contribution in [1.29, 1.82) is 0 Å². The summed E-state index contributed by atoms with van der Waals surface area (Å²) >= 11 is 0. The predicted molar refractivity (Wildman–Crippen MR) is 57.8 cm³/mol. The van der Waals surface area contributed by atoms with Gasteiger partial charge in [0.25, 0.3) is 0 Å². The number of hydrogen-bond donors (Lipinski definition) is 0. The molecule has 0 aromatic heterocycles. The van der Waals surface area contributed by atoms with Crippen LogP contribution in [0.4, 0.5) is 22.0 Å². The summed E-state index contributed by atoms with van der Waals surface area (Å²) < 4.78 is 67.3. The number of carbonyl (C=O) groups excluding carboxylic acids is 1. The van der Waals surface area contributed by atoms with E-state index in [2.05, 4.69) is 0 Å². The summed E-state index contributed by atoms with van der Waals surface area (Å²) in [5, 5.41) is 0. The summed E-state index contributed by atoms with van der Waals surface area (Å²) in [4.78, 5) is 11.4. The zero-order valence-corrected chi connectivity index (χ0v) is 10.4. The molecule has 0 N–H and O–H groups in total. The number of carbonyl (C=O) groups is 1. The van der Waals surface area contributed by atoms with Crippen LogP contribution in [0.15, 0.2) is 12.1 Å². The van der Waals surface area contributed by atoms with E-state index in [0.717, 1.165) is 6.07 Å². The van der Waals surface area contributed by atoms with E-state index < -0.39 is 23.4 Å². The van der Waals surface area contributed by atoms with Gasteiger partial charge in [-0.2, -0.15) is 22.0 Å². The van der Waals surface area contributed by atoms with Gasteiger partial charge >= 0.3 is 12.1 Å². The van der Waals surface area contributed by atoms with Gasteiger partial charge in [0, 0.05) is 5.56 Å². The number of ketones is 1. The van der Waals surface area contributed by atoms with Crippen molar-refractivity contribution >= 4 is 5.78 Å². The Hall–Kier alpha value is -1.66. The Bertz CT molecular complexity index is 506. The van der Waals surface area contributed by atoms with E-state index >= 15 is 0 Å². The minimum absolute atomic E-state index is 0.00336. The summed E-state index contributed by atoms with van der Waals surface area (Å²) in [6.45, 7) is 2.71. The van der Waals surface area contributed by atoms with E-state index in [1.807, 2.05) is 0 Å². The van der Waals surface area contributed by atoms with E-state index in [1.54, 1.807) is 0 Å². The van der Waals surface area contributed by atoms with E-state index in [9.17, 15) is 26.7 Å². The number of benzene rings is 1. The number of Topliss-reactive ketones (excluding diaryl/α,β-unsaturated/α-hetero) is 1. The average molecular weight is 282 g/mol. The monoisotopic (exact) mass is 282 g/mol. The van der Waals surface area contributed by atoms with Crippen LogP contribution in [0, 0.1) is 13.8 Å². The number of aryl methyl sites for hydroxylation is 2. The minimum atomic E-state index is -5.91. The fraction of sp³-hybridized carbons (Fsp3) is 0.417. The third-order valence-electron chi connectivity index (χ3n) is 2.63. The normalized spacial score (nSPS) is 12.4. The smallest absolute Gasteiger partial charge is 0.461 e. The lowest BCUT2D eigenvalue weighted by atomic mass is 9.97. The van der Waals surface area contributed by atoms with Gasteiger partial charge in [-0.05, 0) is 37.1 Å². The highest BCUT2D eigenvalue weighted by atomic mass is 19.4. The second-order valence-electron chi connectivity index (χ2n) is 4.04. The first-order valence-corrected chi connectivity index (χ1v) is 5.17. The van der Waals surface area contributed by atoms with Crippen LogP contribution in [-0.2, 0) is 0 Å². The van der Waals surface area contributed by atoms with Crippen molar-refractivity contribution in [1.82, 2.24) is 0 Å². The quantitative estimate of drug-likeness (QED) is 0.624. The molecule has 0 amide bonds. The molecule has 0 atom stereocenters. The van der Waals surface area contributed by atoms with Crippen LogP contribution >= 0.6 is 0 Å². The summed E-state index contributed by atoms with van der Waals surface area (Å²) in [7, 11) is 1.33. The van der Waals surface area contributed by atoms with Crippen molar-refractivity contribution in [3.8, 4) is 5.75 Å². The zero-order valence-electron chi connectivity index (χ0n) is 10.4. The maximum Gasteiger partial charge on any atom is 0.461 e.